The number of rotatable bonds is 11. The van der Waals surface area contributed by atoms with Crippen LogP contribution < -0.4 is 4.74 Å². The van der Waals surface area contributed by atoms with Gasteiger partial charge in [0.05, 0.1) is 13.2 Å². The van der Waals surface area contributed by atoms with Crippen molar-refractivity contribution >= 4 is 17.7 Å². The second-order valence-electron chi connectivity index (χ2n) is 11.0. The summed E-state index contributed by atoms with van der Waals surface area (Å²) in [5.74, 6) is 1.39. The summed E-state index contributed by atoms with van der Waals surface area (Å²) in [5, 5.41) is 0. The van der Waals surface area contributed by atoms with Crippen LogP contribution >= 0.6 is 0 Å². The number of carbonyl (C=O) groups excluding carboxylic acids is 2. The highest BCUT2D eigenvalue weighted by molar-refractivity contribution is 6.08. The van der Waals surface area contributed by atoms with Crippen molar-refractivity contribution in [3.8, 4) is 16.9 Å². The molecule has 6 heteroatoms. The van der Waals surface area contributed by atoms with Gasteiger partial charge in [0.1, 0.15) is 17.1 Å². The lowest BCUT2D eigenvalue weighted by molar-refractivity contribution is -0.158. The summed E-state index contributed by atoms with van der Waals surface area (Å²) < 4.78 is 11.2. The van der Waals surface area contributed by atoms with Crippen LogP contribution in [0.1, 0.15) is 90.7 Å². The molecule has 2 aromatic carbocycles. The molecule has 1 aliphatic carbocycles. The van der Waals surface area contributed by atoms with Gasteiger partial charge in [0, 0.05) is 6.42 Å². The van der Waals surface area contributed by atoms with Gasteiger partial charge in [-0.25, -0.2) is 4.79 Å². The smallest absolute Gasteiger partial charge is 0.349 e. The van der Waals surface area contributed by atoms with Crippen molar-refractivity contribution in [2.45, 2.75) is 104 Å². The molecule has 0 bridgehead atoms. The zero-order valence-electron chi connectivity index (χ0n) is 23.6. The Bertz CT molecular complexity index is 1180. The molecule has 38 heavy (non-hydrogen) atoms. The van der Waals surface area contributed by atoms with Gasteiger partial charge in [0.25, 0.3) is 5.91 Å². The first-order valence-electron chi connectivity index (χ1n) is 14.2. The minimum atomic E-state index is -1.08. The molecule has 1 saturated carbocycles. The Hall–Kier alpha value is -3.15. The fraction of sp³-hybridized carbons (Fsp3) is 0.531. The summed E-state index contributed by atoms with van der Waals surface area (Å²) >= 11 is 0. The summed E-state index contributed by atoms with van der Waals surface area (Å²) in [6, 6.07) is 14.4. The molecular formula is C32H42N2O4. The van der Waals surface area contributed by atoms with E-state index in [1.54, 1.807) is 20.8 Å². The quantitative estimate of drug-likeness (QED) is 0.304. The molecule has 6 nitrogen and oxygen atoms in total. The Morgan fingerprint density at radius 2 is 1.76 bits per heavy atom. The van der Waals surface area contributed by atoms with Crippen molar-refractivity contribution in [3.05, 3.63) is 53.6 Å². The van der Waals surface area contributed by atoms with Crippen LogP contribution in [-0.4, -0.2) is 40.4 Å². The summed E-state index contributed by atoms with van der Waals surface area (Å²) in [6.45, 7) is 10.4. The van der Waals surface area contributed by atoms with Gasteiger partial charge in [-0.05, 0) is 80.8 Å². The van der Waals surface area contributed by atoms with Crippen LogP contribution in [0.25, 0.3) is 11.1 Å². The van der Waals surface area contributed by atoms with E-state index in [4.69, 9.17) is 14.5 Å². The Balaban J connectivity index is 1.54. The van der Waals surface area contributed by atoms with Crippen molar-refractivity contribution in [2.24, 2.45) is 4.99 Å². The average molecular weight is 519 g/mol. The predicted molar refractivity (Wildman–Crippen MR) is 151 cm³/mol. The maximum atomic E-state index is 13.5. The molecule has 204 valence electrons. The van der Waals surface area contributed by atoms with Crippen molar-refractivity contribution in [1.82, 2.24) is 4.90 Å². The topological polar surface area (TPSA) is 68.2 Å². The molecule has 1 fully saturated rings. The fourth-order valence-corrected chi connectivity index (χ4v) is 5.51. The van der Waals surface area contributed by atoms with E-state index in [2.05, 4.69) is 44.2 Å². The normalized spacial score (nSPS) is 16.7. The highest BCUT2D eigenvalue weighted by atomic mass is 16.6. The number of ether oxygens (including phenoxy) is 2. The van der Waals surface area contributed by atoms with Crippen LogP contribution in [0.3, 0.4) is 0 Å². The molecule has 0 saturated heterocycles. The lowest BCUT2D eigenvalue weighted by Gasteiger charge is -2.25. The van der Waals surface area contributed by atoms with Crippen LogP contribution in [0.5, 0.6) is 5.75 Å². The van der Waals surface area contributed by atoms with E-state index in [0.717, 1.165) is 73.9 Å². The van der Waals surface area contributed by atoms with Crippen LogP contribution in [-0.2, 0) is 27.3 Å². The molecule has 1 amide bonds. The van der Waals surface area contributed by atoms with Crippen LogP contribution in [0.2, 0.25) is 0 Å². The van der Waals surface area contributed by atoms with Crippen molar-refractivity contribution in [2.75, 3.05) is 6.61 Å². The molecule has 4 rings (SSSR count). The summed E-state index contributed by atoms with van der Waals surface area (Å²) in [5.41, 5.74) is 2.85. The van der Waals surface area contributed by atoms with Crippen LogP contribution in [0, 0.1) is 0 Å². The van der Waals surface area contributed by atoms with E-state index in [1.807, 2.05) is 17.0 Å². The third-order valence-corrected chi connectivity index (χ3v) is 7.69. The first-order valence-corrected chi connectivity index (χ1v) is 14.2. The summed E-state index contributed by atoms with van der Waals surface area (Å²) in [7, 11) is 0. The maximum Gasteiger partial charge on any atom is 0.349 e. The van der Waals surface area contributed by atoms with E-state index < -0.39 is 11.1 Å². The van der Waals surface area contributed by atoms with Crippen LogP contribution in [0.4, 0.5) is 0 Å². The number of aryl methyl sites for hydroxylation is 1. The molecule has 0 N–H and O–H groups in total. The van der Waals surface area contributed by atoms with Gasteiger partial charge >= 0.3 is 5.97 Å². The molecule has 1 spiro atoms. The van der Waals surface area contributed by atoms with Gasteiger partial charge < -0.3 is 9.47 Å². The number of aliphatic imine (C=N–C) groups is 1. The molecular weight excluding hydrogens is 476 g/mol. The van der Waals surface area contributed by atoms with Crippen molar-refractivity contribution in [1.29, 1.82) is 0 Å². The number of amides is 1. The first-order chi connectivity index (χ1) is 18.2. The highest BCUT2D eigenvalue weighted by Crippen LogP contribution is 2.40. The van der Waals surface area contributed by atoms with Crippen LogP contribution in [0.15, 0.2) is 47.5 Å². The second-order valence-corrected chi connectivity index (χ2v) is 11.0. The number of nitrogens with zero attached hydrogens (tertiary/aromatic N) is 2. The molecule has 2 aromatic rings. The first kappa shape index (κ1) is 27.9. The number of unbranched alkanes of at least 4 members (excludes halogenated alkanes) is 1. The third-order valence-electron chi connectivity index (χ3n) is 7.69. The van der Waals surface area contributed by atoms with Gasteiger partial charge in [-0.1, -0.05) is 63.4 Å². The van der Waals surface area contributed by atoms with E-state index in [0.29, 0.717) is 18.9 Å². The third kappa shape index (κ3) is 5.79. The average Bonchev–Trinajstić information content (AvgIpc) is 3.48. The van der Waals surface area contributed by atoms with E-state index in [-0.39, 0.29) is 11.9 Å². The summed E-state index contributed by atoms with van der Waals surface area (Å²) in [6.07, 6.45) is 7.78. The Kier molecular flexibility index (Phi) is 8.59. The highest BCUT2D eigenvalue weighted by Gasteiger charge is 2.49. The van der Waals surface area contributed by atoms with Gasteiger partial charge in [0.15, 0.2) is 5.60 Å². The number of hydrogen-bond acceptors (Lipinski definition) is 5. The Labute approximate surface area is 227 Å². The van der Waals surface area contributed by atoms with Crippen molar-refractivity contribution in [3.63, 3.8) is 0 Å². The minimum Gasteiger partial charge on any atom is -0.476 e. The van der Waals surface area contributed by atoms with E-state index in [9.17, 15) is 9.59 Å². The fourth-order valence-electron chi connectivity index (χ4n) is 5.51. The second kappa shape index (κ2) is 11.7. The molecule has 1 heterocycles. The molecule has 1 aliphatic heterocycles. The zero-order chi connectivity index (χ0) is 27.3. The number of amidine groups is 1. The number of benzene rings is 2. The molecule has 2 aliphatic rings. The number of hydrogen-bond donors (Lipinski definition) is 0. The maximum absolute atomic E-state index is 13.5. The van der Waals surface area contributed by atoms with Gasteiger partial charge in [-0.15, -0.1) is 0 Å². The Morgan fingerprint density at radius 1 is 1.05 bits per heavy atom. The summed E-state index contributed by atoms with van der Waals surface area (Å²) in [4.78, 5) is 32.8. The lowest BCUT2D eigenvalue weighted by Crippen LogP contribution is -2.40. The number of carbonyl (C=O) groups is 2. The molecule has 0 aromatic heterocycles. The zero-order valence-corrected chi connectivity index (χ0v) is 23.6. The Morgan fingerprint density at radius 3 is 2.39 bits per heavy atom. The SMILES string of the molecule is CCCCC1=NC2(CCCC2)C(=O)N1Cc1ccc(-c2cc(OC(C)(C)C(=O)OCC)ccc2CC)cc1. The standard InChI is InChI=1S/C32H42N2O4/c1-6-9-12-28-33-32(19-10-11-20-32)29(35)34(28)22-23-13-15-25(16-14-23)27-21-26(18-17-24(27)7-2)38-31(4,5)30(36)37-8-3/h13-18,21H,6-12,19-20,22H2,1-5H3. The monoisotopic (exact) mass is 518 g/mol. The van der Waals surface area contributed by atoms with Gasteiger partial charge in [0.2, 0.25) is 0 Å². The van der Waals surface area contributed by atoms with E-state index in [1.165, 1.54) is 5.56 Å². The lowest BCUT2D eigenvalue weighted by atomic mass is 9.96. The largest absolute Gasteiger partial charge is 0.476 e. The predicted octanol–water partition coefficient (Wildman–Crippen LogP) is 6.88. The minimum absolute atomic E-state index is 0.188. The number of esters is 1. The molecule has 0 atom stereocenters. The van der Waals surface area contributed by atoms with Gasteiger partial charge in [-0.3, -0.25) is 14.7 Å². The van der Waals surface area contributed by atoms with E-state index >= 15 is 0 Å². The van der Waals surface area contributed by atoms with Gasteiger partial charge in [-0.2, -0.15) is 0 Å². The van der Waals surface area contributed by atoms with Crippen molar-refractivity contribution < 1.29 is 19.1 Å². The molecule has 0 unspecified atom stereocenters. The molecule has 0 radical (unpaired) electrons.